The second-order valence-electron chi connectivity index (χ2n) is 6.26. The summed E-state index contributed by atoms with van der Waals surface area (Å²) in [7, 11) is 0. The Hall–Kier alpha value is -1.06. The average Bonchev–Trinajstić information content (AvgIpc) is 3.11. The fourth-order valence-corrected chi connectivity index (χ4v) is 2.71. The van der Waals surface area contributed by atoms with Crippen LogP contribution in [0.15, 0.2) is 0 Å². The SMILES string of the molecule is CC(C)C(C)N1CCC(=O)NC(C)(C2CC2)C1=O. The monoisotopic (exact) mass is 252 g/mol. The van der Waals surface area contributed by atoms with Gasteiger partial charge in [0.15, 0.2) is 0 Å². The van der Waals surface area contributed by atoms with Gasteiger partial charge in [-0.05, 0) is 38.5 Å². The lowest BCUT2D eigenvalue weighted by atomic mass is 9.92. The Morgan fingerprint density at radius 3 is 2.39 bits per heavy atom. The number of carbonyl (C=O) groups excluding carboxylic acids is 2. The molecule has 0 aromatic rings. The summed E-state index contributed by atoms with van der Waals surface area (Å²) >= 11 is 0. The van der Waals surface area contributed by atoms with Gasteiger partial charge in [0.2, 0.25) is 11.8 Å². The molecule has 4 nitrogen and oxygen atoms in total. The molecule has 0 spiro atoms. The first-order valence-electron chi connectivity index (χ1n) is 6.98. The lowest BCUT2D eigenvalue weighted by Crippen LogP contribution is -2.58. The summed E-state index contributed by atoms with van der Waals surface area (Å²) in [6.07, 6.45) is 2.52. The highest BCUT2D eigenvalue weighted by atomic mass is 16.2. The van der Waals surface area contributed by atoms with Gasteiger partial charge in [-0.3, -0.25) is 9.59 Å². The summed E-state index contributed by atoms with van der Waals surface area (Å²) in [6, 6.07) is 0.184. The molecule has 0 aromatic carbocycles. The molecule has 1 N–H and O–H groups in total. The van der Waals surface area contributed by atoms with E-state index in [1.165, 1.54) is 0 Å². The van der Waals surface area contributed by atoms with Crippen molar-refractivity contribution in [2.75, 3.05) is 6.54 Å². The maximum absolute atomic E-state index is 12.8. The minimum atomic E-state index is -0.670. The summed E-state index contributed by atoms with van der Waals surface area (Å²) in [5.41, 5.74) is -0.670. The van der Waals surface area contributed by atoms with Gasteiger partial charge in [0.25, 0.3) is 0 Å². The second kappa shape index (κ2) is 4.56. The van der Waals surface area contributed by atoms with Gasteiger partial charge in [0, 0.05) is 19.0 Å². The predicted molar refractivity (Wildman–Crippen MR) is 69.9 cm³/mol. The van der Waals surface area contributed by atoms with E-state index in [0.717, 1.165) is 12.8 Å². The van der Waals surface area contributed by atoms with Gasteiger partial charge >= 0.3 is 0 Å². The molecule has 2 fully saturated rings. The second-order valence-corrected chi connectivity index (χ2v) is 6.26. The minimum Gasteiger partial charge on any atom is -0.342 e. The van der Waals surface area contributed by atoms with Crippen LogP contribution < -0.4 is 5.32 Å². The van der Waals surface area contributed by atoms with Gasteiger partial charge in [0.1, 0.15) is 5.54 Å². The fraction of sp³-hybridized carbons (Fsp3) is 0.857. The molecule has 1 aliphatic heterocycles. The zero-order valence-electron chi connectivity index (χ0n) is 11.8. The number of hydrogen-bond acceptors (Lipinski definition) is 2. The molecule has 2 unspecified atom stereocenters. The highest BCUT2D eigenvalue weighted by Gasteiger charge is 2.51. The molecule has 2 atom stereocenters. The molecule has 0 aromatic heterocycles. The van der Waals surface area contributed by atoms with E-state index in [9.17, 15) is 9.59 Å². The van der Waals surface area contributed by atoms with Crippen molar-refractivity contribution in [1.82, 2.24) is 10.2 Å². The van der Waals surface area contributed by atoms with E-state index in [4.69, 9.17) is 0 Å². The third kappa shape index (κ3) is 2.25. The average molecular weight is 252 g/mol. The Bertz CT molecular complexity index is 363. The van der Waals surface area contributed by atoms with Crippen LogP contribution in [0, 0.1) is 11.8 Å². The molecule has 102 valence electrons. The van der Waals surface area contributed by atoms with Crippen molar-refractivity contribution in [3.05, 3.63) is 0 Å². The van der Waals surface area contributed by atoms with Gasteiger partial charge in [-0.25, -0.2) is 0 Å². The summed E-state index contributed by atoms with van der Waals surface area (Å²) in [6.45, 7) is 8.76. The van der Waals surface area contributed by atoms with Crippen LogP contribution in [0.4, 0.5) is 0 Å². The minimum absolute atomic E-state index is 0.0104. The lowest BCUT2D eigenvalue weighted by Gasteiger charge is -2.37. The maximum Gasteiger partial charge on any atom is 0.248 e. The maximum atomic E-state index is 12.8. The summed E-state index contributed by atoms with van der Waals surface area (Å²) in [4.78, 5) is 26.5. The number of amides is 2. The van der Waals surface area contributed by atoms with Gasteiger partial charge in [-0.2, -0.15) is 0 Å². The Labute approximate surface area is 109 Å². The van der Waals surface area contributed by atoms with Crippen LogP contribution in [-0.2, 0) is 9.59 Å². The predicted octanol–water partition coefficient (Wildman–Crippen LogP) is 1.55. The Morgan fingerprint density at radius 2 is 1.89 bits per heavy atom. The highest BCUT2D eigenvalue weighted by molar-refractivity contribution is 5.94. The first kappa shape index (κ1) is 13.4. The lowest BCUT2D eigenvalue weighted by molar-refractivity contribution is -0.141. The standard InChI is InChI=1S/C14H24N2O2/c1-9(2)10(3)16-8-7-12(17)15-14(4,13(16)18)11-5-6-11/h9-11H,5-8H2,1-4H3,(H,15,17). The van der Waals surface area contributed by atoms with Crippen LogP contribution in [0.5, 0.6) is 0 Å². The third-order valence-corrected chi connectivity index (χ3v) is 4.53. The van der Waals surface area contributed by atoms with Crippen LogP contribution in [0.25, 0.3) is 0 Å². The first-order chi connectivity index (χ1) is 8.36. The smallest absolute Gasteiger partial charge is 0.248 e. The molecule has 2 aliphatic rings. The van der Waals surface area contributed by atoms with E-state index < -0.39 is 5.54 Å². The van der Waals surface area contributed by atoms with E-state index >= 15 is 0 Å². The van der Waals surface area contributed by atoms with E-state index in [1.807, 2.05) is 11.8 Å². The quantitative estimate of drug-likeness (QED) is 0.828. The van der Waals surface area contributed by atoms with Crippen molar-refractivity contribution >= 4 is 11.8 Å². The van der Waals surface area contributed by atoms with Gasteiger partial charge in [0.05, 0.1) is 0 Å². The third-order valence-electron chi connectivity index (χ3n) is 4.53. The van der Waals surface area contributed by atoms with Crippen LogP contribution in [0.3, 0.4) is 0 Å². The van der Waals surface area contributed by atoms with Gasteiger partial charge < -0.3 is 10.2 Å². The number of rotatable bonds is 3. The van der Waals surface area contributed by atoms with Crippen molar-refractivity contribution in [2.24, 2.45) is 11.8 Å². The zero-order chi connectivity index (χ0) is 13.5. The summed E-state index contributed by atoms with van der Waals surface area (Å²) < 4.78 is 0. The van der Waals surface area contributed by atoms with Crippen molar-refractivity contribution in [3.8, 4) is 0 Å². The molecule has 1 saturated heterocycles. The molecule has 1 saturated carbocycles. The molecule has 0 bridgehead atoms. The normalized spacial score (nSPS) is 31.3. The molecule has 2 rings (SSSR count). The van der Waals surface area contributed by atoms with Gasteiger partial charge in [-0.15, -0.1) is 0 Å². The van der Waals surface area contributed by atoms with E-state index in [2.05, 4.69) is 26.1 Å². The van der Waals surface area contributed by atoms with E-state index in [-0.39, 0.29) is 17.9 Å². The van der Waals surface area contributed by atoms with E-state index in [1.54, 1.807) is 0 Å². The van der Waals surface area contributed by atoms with Crippen molar-refractivity contribution in [1.29, 1.82) is 0 Å². The molecule has 18 heavy (non-hydrogen) atoms. The molecular weight excluding hydrogens is 228 g/mol. The number of nitrogens with one attached hydrogen (secondary N) is 1. The molecule has 1 aliphatic carbocycles. The molecule has 2 amide bonds. The largest absolute Gasteiger partial charge is 0.342 e. The van der Waals surface area contributed by atoms with Crippen LogP contribution in [0.2, 0.25) is 0 Å². The highest BCUT2D eigenvalue weighted by Crippen LogP contribution is 2.41. The van der Waals surface area contributed by atoms with E-state index in [0.29, 0.717) is 24.8 Å². The summed E-state index contributed by atoms with van der Waals surface area (Å²) in [5, 5.41) is 2.96. The number of carbonyl (C=O) groups is 2. The topological polar surface area (TPSA) is 49.4 Å². The van der Waals surface area contributed by atoms with Crippen LogP contribution >= 0.6 is 0 Å². The molecule has 4 heteroatoms. The zero-order valence-corrected chi connectivity index (χ0v) is 11.8. The van der Waals surface area contributed by atoms with Crippen molar-refractivity contribution in [2.45, 2.75) is 58.5 Å². The molecule has 1 heterocycles. The first-order valence-corrected chi connectivity index (χ1v) is 6.98. The van der Waals surface area contributed by atoms with Gasteiger partial charge in [-0.1, -0.05) is 13.8 Å². The van der Waals surface area contributed by atoms with Crippen molar-refractivity contribution < 1.29 is 9.59 Å². The molecule has 0 radical (unpaired) electrons. The van der Waals surface area contributed by atoms with Crippen molar-refractivity contribution in [3.63, 3.8) is 0 Å². The molecular formula is C14H24N2O2. The number of nitrogens with zero attached hydrogens (tertiary/aromatic N) is 1. The summed E-state index contributed by atoms with van der Waals surface area (Å²) in [5.74, 6) is 0.854. The van der Waals surface area contributed by atoms with Crippen LogP contribution in [-0.4, -0.2) is 34.8 Å². The Kier molecular flexibility index (Phi) is 3.39. The fourth-order valence-electron chi connectivity index (χ4n) is 2.71. The Balaban J connectivity index is 2.26. The number of hydrogen-bond donors (Lipinski definition) is 1. The Morgan fingerprint density at radius 1 is 1.28 bits per heavy atom. The van der Waals surface area contributed by atoms with Crippen LogP contribution in [0.1, 0.15) is 47.0 Å².